The molecule has 2 aromatic heterocycles. The molecular weight excluding hydrogens is 320 g/mol. The molecule has 1 aliphatic heterocycles. The normalized spacial score (nSPS) is 21.9. The van der Waals surface area contributed by atoms with Crippen molar-refractivity contribution in [3.8, 4) is 0 Å². The predicted octanol–water partition coefficient (Wildman–Crippen LogP) is 1.19. The number of aliphatic carboxylic acids is 1. The van der Waals surface area contributed by atoms with Gasteiger partial charge in [-0.2, -0.15) is 5.10 Å². The van der Waals surface area contributed by atoms with E-state index in [0.717, 1.165) is 23.6 Å². The van der Waals surface area contributed by atoms with Crippen LogP contribution >= 0.6 is 11.6 Å². The molecule has 8 nitrogen and oxygen atoms in total. The van der Waals surface area contributed by atoms with Crippen LogP contribution in [0, 0.1) is 12.8 Å². The van der Waals surface area contributed by atoms with Crippen LogP contribution in [0.4, 0.5) is 0 Å². The zero-order chi connectivity index (χ0) is 16.6. The lowest BCUT2D eigenvalue weighted by Gasteiger charge is -2.13. The van der Waals surface area contributed by atoms with Gasteiger partial charge in [-0.25, -0.2) is 0 Å². The standard InChI is InChI=1S/C14H19ClN6O2/c1-8-14(15)12(17-16-8)7-21-4-9(3-13(22)23)10(5-21)11-6-20(2)19-18-11/h6,9-10H,3-5,7H2,1-2H3,(H,16,17)(H,22,23)/t9-,10+/m0/s1. The first-order valence-electron chi connectivity index (χ1n) is 7.43. The third-order valence-corrected chi connectivity index (χ3v) is 4.77. The van der Waals surface area contributed by atoms with Crippen molar-refractivity contribution in [3.05, 3.63) is 28.3 Å². The molecule has 0 bridgehead atoms. The van der Waals surface area contributed by atoms with Crippen LogP contribution in [0.5, 0.6) is 0 Å². The van der Waals surface area contributed by atoms with Crippen LogP contribution in [0.1, 0.15) is 29.4 Å². The first-order chi connectivity index (χ1) is 10.9. The van der Waals surface area contributed by atoms with Gasteiger partial charge in [0.2, 0.25) is 0 Å². The molecule has 1 saturated heterocycles. The number of nitrogens with one attached hydrogen (secondary N) is 1. The molecule has 0 aliphatic carbocycles. The number of hydrogen-bond donors (Lipinski definition) is 2. The third kappa shape index (κ3) is 3.37. The van der Waals surface area contributed by atoms with E-state index in [-0.39, 0.29) is 18.3 Å². The molecule has 124 valence electrons. The van der Waals surface area contributed by atoms with Crippen molar-refractivity contribution >= 4 is 17.6 Å². The average molecular weight is 339 g/mol. The molecular formula is C14H19ClN6O2. The molecule has 1 fully saturated rings. The molecule has 2 atom stereocenters. The maximum atomic E-state index is 11.2. The van der Waals surface area contributed by atoms with Crippen LogP contribution in [0.15, 0.2) is 6.20 Å². The van der Waals surface area contributed by atoms with Crippen LogP contribution in [0.2, 0.25) is 5.02 Å². The van der Waals surface area contributed by atoms with Gasteiger partial charge in [0.1, 0.15) is 0 Å². The van der Waals surface area contributed by atoms with Crippen LogP contribution in [-0.2, 0) is 18.4 Å². The summed E-state index contributed by atoms with van der Waals surface area (Å²) in [5, 5.41) is 25.0. The molecule has 0 radical (unpaired) electrons. The number of carboxylic acid groups (broad SMARTS) is 1. The van der Waals surface area contributed by atoms with E-state index in [2.05, 4.69) is 25.4 Å². The Bertz CT molecular complexity index is 712. The number of aromatic amines is 1. The fraction of sp³-hybridized carbons (Fsp3) is 0.571. The lowest BCUT2D eigenvalue weighted by Crippen LogP contribution is -2.21. The molecule has 0 amide bonds. The zero-order valence-corrected chi connectivity index (χ0v) is 13.8. The molecule has 0 saturated carbocycles. The summed E-state index contributed by atoms with van der Waals surface area (Å²) >= 11 is 6.22. The monoisotopic (exact) mass is 338 g/mol. The first kappa shape index (κ1) is 15.9. The lowest BCUT2D eigenvalue weighted by atomic mass is 9.91. The molecule has 3 rings (SSSR count). The van der Waals surface area contributed by atoms with Gasteiger partial charge in [-0.15, -0.1) is 5.10 Å². The Hall–Kier alpha value is -1.93. The van der Waals surface area contributed by atoms with E-state index in [1.807, 2.05) is 20.2 Å². The number of H-pyrrole nitrogens is 1. The van der Waals surface area contributed by atoms with Gasteiger partial charge in [0.25, 0.3) is 0 Å². The molecule has 2 N–H and O–H groups in total. The minimum Gasteiger partial charge on any atom is -0.481 e. The minimum absolute atomic E-state index is 0.00279. The minimum atomic E-state index is -0.792. The van der Waals surface area contributed by atoms with Gasteiger partial charge in [0.15, 0.2) is 0 Å². The lowest BCUT2D eigenvalue weighted by molar-refractivity contribution is -0.138. The highest BCUT2D eigenvalue weighted by atomic mass is 35.5. The third-order valence-electron chi connectivity index (χ3n) is 4.27. The van der Waals surface area contributed by atoms with Gasteiger partial charge in [-0.3, -0.25) is 19.5 Å². The Balaban J connectivity index is 1.76. The second-order valence-corrected chi connectivity index (χ2v) is 6.46. The van der Waals surface area contributed by atoms with E-state index in [4.69, 9.17) is 16.7 Å². The maximum Gasteiger partial charge on any atom is 0.303 e. The maximum absolute atomic E-state index is 11.2. The highest BCUT2D eigenvalue weighted by molar-refractivity contribution is 6.31. The van der Waals surface area contributed by atoms with Gasteiger partial charge < -0.3 is 5.11 Å². The van der Waals surface area contributed by atoms with Gasteiger partial charge in [-0.1, -0.05) is 16.8 Å². The Kier molecular flexibility index (Phi) is 4.36. The Labute approximate surface area is 138 Å². The number of nitrogens with zero attached hydrogens (tertiary/aromatic N) is 5. The van der Waals surface area contributed by atoms with Crippen molar-refractivity contribution in [2.45, 2.75) is 25.8 Å². The van der Waals surface area contributed by atoms with E-state index in [1.165, 1.54) is 0 Å². The summed E-state index contributed by atoms with van der Waals surface area (Å²) in [7, 11) is 1.81. The largest absolute Gasteiger partial charge is 0.481 e. The summed E-state index contributed by atoms with van der Waals surface area (Å²) in [6.45, 7) is 3.86. The smallest absolute Gasteiger partial charge is 0.303 e. The molecule has 0 aromatic carbocycles. The van der Waals surface area contributed by atoms with E-state index >= 15 is 0 Å². The number of hydrogen-bond acceptors (Lipinski definition) is 5. The molecule has 3 heterocycles. The summed E-state index contributed by atoms with van der Waals surface area (Å²) in [5.41, 5.74) is 2.47. The Morgan fingerprint density at radius 2 is 2.30 bits per heavy atom. The Morgan fingerprint density at radius 1 is 1.52 bits per heavy atom. The van der Waals surface area contributed by atoms with E-state index in [1.54, 1.807) is 4.68 Å². The van der Waals surface area contributed by atoms with E-state index in [0.29, 0.717) is 18.1 Å². The van der Waals surface area contributed by atoms with Crippen molar-refractivity contribution in [2.75, 3.05) is 13.1 Å². The summed E-state index contributed by atoms with van der Waals surface area (Å²) in [5.74, 6) is -0.735. The van der Waals surface area contributed by atoms with Crippen LogP contribution in [-0.4, -0.2) is 54.3 Å². The van der Waals surface area contributed by atoms with Crippen LogP contribution in [0.25, 0.3) is 0 Å². The van der Waals surface area contributed by atoms with E-state index in [9.17, 15) is 4.79 Å². The summed E-state index contributed by atoms with van der Waals surface area (Å²) in [6, 6.07) is 0. The highest BCUT2D eigenvalue weighted by Gasteiger charge is 2.37. The molecule has 23 heavy (non-hydrogen) atoms. The van der Waals surface area contributed by atoms with Gasteiger partial charge in [0, 0.05) is 38.8 Å². The number of likely N-dealkylation sites (tertiary alicyclic amines) is 1. The van der Waals surface area contributed by atoms with Crippen LogP contribution in [0.3, 0.4) is 0 Å². The van der Waals surface area contributed by atoms with Crippen molar-refractivity contribution in [2.24, 2.45) is 13.0 Å². The van der Waals surface area contributed by atoms with Gasteiger partial charge in [-0.05, 0) is 12.8 Å². The molecule has 9 heteroatoms. The van der Waals surface area contributed by atoms with E-state index < -0.39 is 5.97 Å². The second-order valence-electron chi connectivity index (χ2n) is 6.08. The average Bonchev–Trinajstić information content (AvgIpc) is 3.15. The van der Waals surface area contributed by atoms with Crippen molar-refractivity contribution in [1.29, 1.82) is 0 Å². The highest BCUT2D eigenvalue weighted by Crippen LogP contribution is 2.35. The van der Waals surface area contributed by atoms with Crippen molar-refractivity contribution in [1.82, 2.24) is 30.1 Å². The number of rotatable bonds is 5. The summed E-state index contributed by atoms with van der Waals surface area (Å²) in [6.07, 6.45) is 1.97. The number of carbonyl (C=O) groups is 1. The van der Waals surface area contributed by atoms with Crippen LogP contribution < -0.4 is 0 Å². The molecule has 0 unspecified atom stereocenters. The molecule has 1 aliphatic rings. The fourth-order valence-corrected chi connectivity index (χ4v) is 3.32. The number of aromatic nitrogens is 5. The topological polar surface area (TPSA) is 99.9 Å². The van der Waals surface area contributed by atoms with Crippen molar-refractivity contribution in [3.63, 3.8) is 0 Å². The molecule has 2 aromatic rings. The predicted molar refractivity (Wildman–Crippen MR) is 83.1 cm³/mol. The summed E-state index contributed by atoms with van der Waals surface area (Å²) < 4.78 is 1.64. The molecule has 0 spiro atoms. The second kappa shape index (κ2) is 6.29. The first-order valence-corrected chi connectivity index (χ1v) is 7.81. The number of aryl methyl sites for hydroxylation is 2. The van der Waals surface area contributed by atoms with Gasteiger partial charge >= 0.3 is 5.97 Å². The van der Waals surface area contributed by atoms with Crippen molar-refractivity contribution < 1.29 is 9.90 Å². The van der Waals surface area contributed by atoms with Gasteiger partial charge in [0.05, 0.1) is 28.5 Å². The number of carboxylic acids is 1. The Morgan fingerprint density at radius 3 is 2.87 bits per heavy atom. The SMILES string of the molecule is Cc1[nH]nc(CN2C[C@H](CC(=O)O)[C@H](c3cn(C)nn3)C2)c1Cl. The summed E-state index contributed by atoms with van der Waals surface area (Å²) in [4.78, 5) is 13.3. The quantitative estimate of drug-likeness (QED) is 0.849. The fourth-order valence-electron chi connectivity index (χ4n) is 3.17. The number of halogens is 1. The zero-order valence-electron chi connectivity index (χ0n) is 13.0.